The third-order valence-electron chi connectivity index (χ3n) is 6.71. The molecule has 0 aliphatic carbocycles. The average molecular weight is 580 g/mol. The maximum Gasteiger partial charge on any atom is 0.434 e. The number of alkyl halides is 3. The summed E-state index contributed by atoms with van der Waals surface area (Å²) < 4.78 is 45.8. The Bertz CT molecular complexity index is 1170. The molecule has 226 valence electrons. The van der Waals surface area contributed by atoms with Crippen molar-refractivity contribution in [2.24, 2.45) is 0 Å². The van der Waals surface area contributed by atoms with E-state index in [1.54, 1.807) is 0 Å². The minimum atomic E-state index is -4.85. The number of pyridine rings is 2. The van der Waals surface area contributed by atoms with Crippen molar-refractivity contribution in [1.82, 2.24) is 20.2 Å². The molecule has 3 N–H and O–H groups in total. The topological polar surface area (TPSA) is 117 Å². The first-order valence-corrected chi connectivity index (χ1v) is 14.0. The van der Waals surface area contributed by atoms with Gasteiger partial charge < -0.3 is 25.4 Å². The van der Waals surface area contributed by atoms with Gasteiger partial charge in [-0.25, -0.2) is 9.78 Å². The third-order valence-corrected chi connectivity index (χ3v) is 6.71. The van der Waals surface area contributed by atoms with Crippen molar-refractivity contribution in [3.05, 3.63) is 53.0 Å². The van der Waals surface area contributed by atoms with E-state index in [9.17, 15) is 27.9 Å². The number of carbonyl (C=O) groups excluding carboxylic acids is 1. The molecule has 1 atom stereocenters. The third kappa shape index (κ3) is 10.6. The highest BCUT2D eigenvalue weighted by molar-refractivity contribution is 5.97. The molecule has 0 aromatic carbocycles. The van der Waals surface area contributed by atoms with Crippen LogP contribution in [0.4, 0.5) is 19.0 Å². The van der Waals surface area contributed by atoms with Gasteiger partial charge >= 0.3 is 12.1 Å². The normalized spacial score (nSPS) is 14.3. The summed E-state index contributed by atoms with van der Waals surface area (Å²) in [5, 5.41) is 15.3. The molecular weight excluding hydrogens is 539 g/mol. The molecule has 0 saturated heterocycles. The summed E-state index contributed by atoms with van der Waals surface area (Å²) in [5.41, 5.74) is -0.152. The van der Waals surface area contributed by atoms with Crippen molar-refractivity contribution >= 4 is 17.7 Å². The van der Waals surface area contributed by atoms with Crippen molar-refractivity contribution in [3.8, 4) is 0 Å². The first kappa shape index (κ1) is 32.3. The molecule has 0 radical (unpaired) electrons. The molecule has 1 unspecified atom stereocenters. The second-order valence-corrected chi connectivity index (χ2v) is 11.2. The molecule has 1 aliphatic heterocycles. The van der Waals surface area contributed by atoms with Crippen LogP contribution in [0.5, 0.6) is 0 Å². The molecule has 2 aromatic rings. The Morgan fingerprint density at radius 3 is 2.63 bits per heavy atom. The number of amides is 1. The summed E-state index contributed by atoms with van der Waals surface area (Å²) in [6.45, 7) is 8.71. The molecule has 12 heteroatoms. The average Bonchev–Trinajstić information content (AvgIpc) is 2.91. The highest BCUT2D eigenvalue weighted by Crippen LogP contribution is 2.30. The van der Waals surface area contributed by atoms with E-state index < -0.39 is 35.4 Å². The first-order valence-electron chi connectivity index (χ1n) is 14.0. The number of hydrogen-bond donors (Lipinski definition) is 3. The van der Waals surface area contributed by atoms with Crippen LogP contribution in [0.1, 0.15) is 73.8 Å². The van der Waals surface area contributed by atoms with Crippen LogP contribution >= 0.6 is 0 Å². The van der Waals surface area contributed by atoms with Gasteiger partial charge in [-0.3, -0.25) is 9.78 Å². The zero-order valence-corrected chi connectivity index (χ0v) is 23.9. The quantitative estimate of drug-likeness (QED) is 0.279. The van der Waals surface area contributed by atoms with Gasteiger partial charge in [0.1, 0.15) is 11.9 Å². The number of nitrogens with zero attached hydrogens (tertiary/aromatic N) is 3. The smallest absolute Gasteiger partial charge is 0.434 e. The van der Waals surface area contributed by atoms with Gasteiger partial charge in [-0.05, 0) is 89.6 Å². The largest absolute Gasteiger partial charge is 0.480 e. The molecule has 41 heavy (non-hydrogen) atoms. The van der Waals surface area contributed by atoms with Gasteiger partial charge in [-0.1, -0.05) is 6.07 Å². The predicted molar refractivity (Wildman–Crippen MR) is 149 cm³/mol. The van der Waals surface area contributed by atoms with Gasteiger partial charge in [0.25, 0.3) is 5.91 Å². The number of aryl methyl sites for hydroxylation is 2. The van der Waals surface area contributed by atoms with Gasteiger partial charge in [0.05, 0.1) is 17.8 Å². The Morgan fingerprint density at radius 2 is 1.93 bits per heavy atom. The number of aliphatic carboxylic acids is 1. The fraction of sp³-hybridized carbons (Fsp3) is 0.586. The molecule has 3 rings (SSSR count). The van der Waals surface area contributed by atoms with Crippen molar-refractivity contribution in [2.75, 3.05) is 38.1 Å². The molecule has 0 saturated carbocycles. The number of aromatic nitrogens is 2. The molecule has 1 amide bonds. The number of anilines is 1. The van der Waals surface area contributed by atoms with Crippen molar-refractivity contribution in [2.45, 2.75) is 77.1 Å². The number of carboxylic acid groups (broad SMARTS) is 1. The standard InChI is InChI=1S/C29H40F3N5O4/c1-28(2,3)41-19-18-37(16-5-4-9-21-12-11-20-8-6-15-34-25(20)35-21)17-13-23(27(39)40)36-26(38)22-10-7-14-33-24(22)29(30,31)32/h7,10-12,14,23H,4-6,8-9,13,15-19H2,1-3H3,(H,34,35)(H,36,38)(H,39,40). The molecule has 9 nitrogen and oxygen atoms in total. The fourth-order valence-corrected chi connectivity index (χ4v) is 4.59. The summed E-state index contributed by atoms with van der Waals surface area (Å²) >= 11 is 0. The minimum Gasteiger partial charge on any atom is -0.480 e. The van der Waals surface area contributed by atoms with Crippen LogP contribution in [-0.4, -0.2) is 76.3 Å². The van der Waals surface area contributed by atoms with Gasteiger partial charge in [0, 0.05) is 31.5 Å². The summed E-state index contributed by atoms with van der Waals surface area (Å²) in [7, 11) is 0. The van der Waals surface area contributed by atoms with Crippen molar-refractivity contribution in [3.63, 3.8) is 0 Å². The number of ether oxygens (including phenoxy) is 1. The molecule has 3 heterocycles. The highest BCUT2D eigenvalue weighted by Gasteiger charge is 2.37. The van der Waals surface area contributed by atoms with E-state index in [0.717, 1.165) is 62.4 Å². The molecule has 0 bridgehead atoms. The Balaban J connectivity index is 1.57. The lowest BCUT2D eigenvalue weighted by Crippen LogP contribution is -2.44. The van der Waals surface area contributed by atoms with E-state index in [2.05, 4.69) is 32.7 Å². The summed E-state index contributed by atoms with van der Waals surface area (Å²) in [4.78, 5) is 34.6. The maximum atomic E-state index is 13.3. The van der Waals surface area contributed by atoms with E-state index in [0.29, 0.717) is 26.2 Å². The van der Waals surface area contributed by atoms with E-state index in [-0.39, 0.29) is 12.0 Å². The number of rotatable bonds is 14. The lowest BCUT2D eigenvalue weighted by Gasteiger charge is -2.27. The van der Waals surface area contributed by atoms with E-state index in [1.807, 2.05) is 20.8 Å². The SMILES string of the molecule is CC(C)(C)OCCN(CCCCc1ccc2c(n1)NCCC2)CCC(NC(=O)c1cccnc1C(F)(F)F)C(=O)O. The lowest BCUT2D eigenvalue weighted by molar-refractivity contribution is -0.141. The van der Waals surface area contributed by atoms with Gasteiger partial charge in [-0.15, -0.1) is 0 Å². The molecule has 1 aliphatic rings. The number of carbonyl (C=O) groups is 2. The van der Waals surface area contributed by atoms with Crippen LogP contribution in [0.3, 0.4) is 0 Å². The van der Waals surface area contributed by atoms with Gasteiger partial charge in [0.15, 0.2) is 5.69 Å². The first-order chi connectivity index (χ1) is 19.3. The maximum absolute atomic E-state index is 13.3. The van der Waals surface area contributed by atoms with Gasteiger partial charge in [-0.2, -0.15) is 13.2 Å². The van der Waals surface area contributed by atoms with Crippen LogP contribution in [0, 0.1) is 0 Å². The molecular formula is C29H40F3N5O4. The Hall–Kier alpha value is -3.25. The molecule has 0 fully saturated rings. The Labute approximate surface area is 238 Å². The monoisotopic (exact) mass is 579 g/mol. The lowest BCUT2D eigenvalue weighted by atomic mass is 10.1. The summed E-state index contributed by atoms with van der Waals surface area (Å²) in [6, 6.07) is 5.00. The number of carboxylic acids is 1. The number of halogens is 3. The number of nitrogens with one attached hydrogen (secondary N) is 2. The number of fused-ring (bicyclic) bond motifs is 1. The van der Waals surface area contributed by atoms with Gasteiger partial charge in [0.2, 0.25) is 0 Å². The van der Waals surface area contributed by atoms with Crippen LogP contribution in [-0.2, 0) is 28.5 Å². The van der Waals surface area contributed by atoms with Crippen molar-refractivity contribution < 1.29 is 32.6 Å². The summed E-state index contributed by atoms with van der Waals surface area (Å²) in [5.74, 6) is -1.49. The number of unbranched alkanes of at least 4 members (excludes halogenated alkanes) is 1. The van der Waals surface area contributed by atoms with Crippen LogP contribution in [0.25, 0.3) is 0 Å². The molecule has 2 aromatic heterocycles. The highest BCUT2D eigenvalue weighted by atomic mass is 19.4. The second kappa shape index (κ2) is 14.6. The van der Waals surface area contributed by atoms with E-state index in [1.165, 1.54) is 11.6 Å². The van der Waals surface area contributed by atoms with Crippen LogP contribution in [0.2, 0.25) is 0 Å². The van der Waals surface area contributed by atoms with E-state index in [4.69, 9.17) is 9.72 Å². The second-order valence-electron chi connectivity index (χ2n) is 11.2. The fourth-order valence-electron chi connectivity index (χ4n) is 4.59. The van der Waals surface area contributed by atoms with Crippen molar-refractivity contribution in [1.29, 1.82) is 0 Å². The minimum absolute atomic E-state index is 0.0102. The molecule has 0 spiro atoms. The van der Waals surface area contributed by atoms with Crippen LogP contribution < -0.4 is 10.6 Å². The Kier molecular flexibility index (Phi) is 11.5. The number of hydrogen-bond acceptors (Lipinski definition) is 7. The van der Waals surface area contributed by atoms with E-state index >= 15 is 0 Å². The predicted octanol–water partition coefficient (Wildman–Crippen LogP) is 4.57. The Morgan fingerprint density at radius 1 is 1.15 bits per heavy atom. The summed E-state index contributed by atoms with van der Waals surface area (Å²) in [6.07, 6.45) is 0.751. The zero-order chi connectivity index (χ0) is 30.0. The van der Waals surface area contributed by atoms with Crippen LogP contribution in [0.15, 0.2) is 30.5 Å². The zero-order valence-electron chi connectivity index (χ0n) is 23.9.